The molecule has 0 atom stereocenters. The van der Waals surface area contributed by atoms with Gasteiger partial charge in [0.15, 0.2) is 0 Å². The zero-order valence-electron chi connectivity index (χ0n) is 12.8. The molecule has 0 heterocycles. The van der Waals surface area contributed by atoms with Crippen LogP contribution in [0.1, 0.15) is 12.0 Å². The molecule has 0 unspecified atom stereocenters. The van der Waals surface area contributed by atoms with Gasteiger partial charge in [-0.05, 0) is 30.5 Å². The van der Waals surface area contributed by atoms with Gasteiger partial charge in [-0.2, -0.15) is 0 Å². The van der Waals surface area contributed by atoms with Gasteiger partial charge in [-0.3, -0.25) is 4.79 Å². The Hall–Kier alpha value is -2.49. The van der Waals surface area contributed by atoms with Crippen molar-refractivity contribution in [3.8, 4) is 5.75 Å². The zero-order chi connectivity index (χ0) is 15.6. The predicted octanol–water partition coefficient (Wildman–Crippen LogP) is 2.86. The Kier molecular flexibility index (Phi) is 6.30. The number of anilines is 1. The van der Waals surface area contributed by atoms with Gasteiger partial charge in [0.2, 0.25) is 5.91 Å². The second-order valence-electron chi connectivity index (χ2n) is 4.99. The van der Waals surface area contributed by atoms with Crippen LogP contribution in [0.5, 0.6) is 5.75 Å². The summed E-state index contributed by atoms with van der Waals surface area (Å²) in [6, 6.07) is 17.8. The van der Waals surface area contributed by atoms with E-state index in [0.717, 1.165) is 24.3 Å². The fraction of sp³-hybridized carbons (Fsp3) is 0.278. The number of nitrogens with one attached hydrogen (secondary N) is 2. The van der Waals surface area contributed by atoms with Crippen LogP contribution in [0.15, 0.2) is 54.6 Å². The lowest BCUT2D eigenvalue weighted by atomic mass is 10.1. The quantitative estimate of drug-likeness (QED) is 0.737. The Morgan fingerprint density at radius 1 is 1.05 bits per heavy atom. The van der Waals surface area contributed by atoms with Gasteiger partial charge in [-0.15, -0.1) is 0 Å². The van der Waals surface area contributed by atoms with Crippen LogP contribution in [0.3, 0.4) is 0 Å². The number of hydrogen-bond donors (Lipinski definition) is 2. The van der Waals surface area contributed by atoms with Gasteiger partial charge in [-0.1, -0.05) is 42.5 Å². The molecule has 2 aromatic carbocycles. The summed E-state index contributed by atoms with van der Waals surface area (Å²) >= 11 is 0. The number of ether oxygens (including phenoxy) is 1. The van der Waals surface area contributed by atoms with E-state index in [1.165, 1.54) is 5.56 Å². The van der Waals surface area contributed by atoms with Gasteiger partial charge < -0.3 is 15.4 Å². The maximum absolute atomic E-state index is 11.8. The lowest BCUT2D eigenvalue weighted by Gasteiger charge is -2.11. The molecule has 4 heteroatoms. The van der Waals surface area contributed by atoms with Crippen LogP contribution in [0.2, 0.25) is 0 Å². The van der Waals surface area contributed by atoms with Crippen LogP contribution in [0.25, 0.3) is 0 Å². The van der Waals surface area contributed by atoms with E-state index in [0.29, 0.717) is 6.54 Å². The van der Waals surface area contributed by atoms with Crippen molar-refractivity contribution < 1.29 is 9.53 Å². The zero-order valence-corrected chi connectivity index (χ0v) is 12.8. The van der Waals surface area contributed by atoms with E-state index in [4.69, 9.17) is 4.74 Å². The molecule has 0 fully saturated rings. The lowest BCUT2D eigenvalue weighted by Crippen LogP contribution is -2.30. The number of benzene rings is 2. The molecule has 1 amide bonds. The number of methoxy groups -OCH3 is 1. The van der Waals surface area contributed by atoms with Crippen molar-refractivity contribution in [2.45, 2.75) is 12.8 Å². The van der Waals surface area contributed by atoms with E-state index in [2.05, 4.69) is 22.8 Å². The highest BCUT2D eigenvalue weighted by atomic mass is 16.5. The third kappa shape index (κ3) is 5.13. The van der Waals surface area contributed by atoms with Crippen molar-refractivity contribution in [3.05, 3.63) is 60.2 Å². The largest absolute Gasteiger partial charge is 0.495 e. The highest BCUT2D eigenvalue weighted by Crippen LogP contribution is 2.22. The van der Waals surface area contributed by atoms with Crippen LogP contribution < -0.4 is 15.4 Å². The minimum atomic E-state index is -0.0148. The van der Waals surface area contributed by atoms with Crippen molar-refractivity contribution >= 4 is 11.6 Å². The van der Waals surface area contributed by atoms with Crippen LogP contribution >= 0.6 is 0 Å². The summed E-state index contributed by atoms with van der Waals surface area (Å²) in [7, 11) is 1.62. The third-order valence-corrected chi connectivity index (χ3v) is 3.35. The molecule has 116 valence electrons. The van der Waals surface area contributed by atoms with Gasteiger partial charge in [0.25, 0.3) is 0 Å². The molecule has 0 radical (unpaired) electrons. The highest BCUT2D eigenvalue weighted by molar-refractivity contribution is 5.81. The normalized spacial score (nSPS) is 10.0. The first kappa shape index (κ1) is 15.9. The van der Waals surface area contributed by atoms with Gasteiger partial charge in [-0.25, -0.2) is 0 Å². The summed E-state index contributed by atoms with van der Waals surface area (Å²) in [4.78, 5) is 11.8. The Morgan fingerprint density at radius 3 is 2.55 bits per heavy atom. The van der Waals surface area contributed by atoms with Crippen LogP contribution in [-0.4, -0.2) is 26.1 Å². The van der Waals surface area contributed by atoms with Crippen molar-refractivity contribution in [2.75, 3.05) is 25.5 Å². The molecular formula is C18H22N2O2. The van der Waals surface area contributed by atoms with Gasteiger partial charge in [0.05, 0.1) is 19.3 Å². The first-order chi connectivity index (χ1) is 10.8. The third-order valence-electron chi connectivity index (χ3n) is 3.35. The van der Waals surface area contributed by atoms with Gasteiger partial charge in [0, 0.05) is 6.54 Å². The standard InChI is InChI=1S/C18H22N2O2/c1-22-17-12-6-5-11-16(17)20-14-18(21)19-13-7-10-15-8-3-2-4-9-15/h2-6,8-9,11-12,20H,7,10,13-14H2,1H3,(H,19,21). The van der Waals surface area contributed by atoms with Crippen molar-refractivity contribution in [1.82, 2.24) is 5.32 Å². The Bertz CT molecular complexity index is 585. The maximum Gasteiger partial charge on any atom is 0.239 e. The number of rotatable bonds is 8. The molecule has 0 bridgehead atoms. The molecule has 0 spiro atoms. The molecule has 0 aromatic heterocycles. The summed E-state index contributed by atoms with van der Waals surface area (Å²) in [5.41, 5.74) is 2.12. The minimum absolute atomic E-state index is 0.0148. The predicted molar refractivity (Wildman–Crippen MR) is 89.3 cm³/mol. The lowest BCUT2D eigenvalue weighted by molar-refractivity contribution is -0.119. The van der Waals surface area contributed by atoms with Crippen molar-refractivity contribution in [2.24, 2.45) is 0 Å². The fourth-order valence-electron chi connectivity index (χ4n) is 2.19. The topological polar surface area (TPSA) is 50.4 Å². The van der Waals surface area contributed by atoms with Crippen molar-refractivity contribution in [1.29, 1.82) is 0 Å². The Balaban J connectivity index is 1.66. The number of amides is 1. The summed E-state index contributed by atoms with van der Waals surface area (Å²) in [6.07, 6.45) is 1.91. The van der Waals surface area contributed by atoms with E-state index < -0.39 is 0 Å². The van der Waals surface area contributed by atoms with E-state index >= 15 is 0 Å². The molecule has 2 rings (SSSR count). The number of hydrogen-bond acceptors (Lipinski definition) is 3. The fourth-order valence-corrected chi connectivity index (χ4v) is 2.19. The SMILES string of the molecule is COc1ccccc1NCC(=O)NCCCc1ccccc1. The molecule has 0 aliphatic carbocycles. The summed E-state index contributed by atoms with van der Waals surface area (Å²) in [5.74, 6) is 0.721. The van der Waals surface area contributed by atoms with Crippen LogP contribution in [0.4, 0.5) is 5.69 Å². The first-order valence-corrected chi connectivity index (χ1v) is 7.47. The summed E-state index contributed by atoms with van der Waals surface area (Å²) in [5, 5.41) is 6.00. The molecule has 2 aromatic rings. The molecule has 22 heavy (non-hydrogen) atoms. The molecule has 0 saturated carbocycles. The van der Waals surface area contributed by atoms with E-state index in [-0.39, 0.29) is 12.5 Å². The summed E-state index contributed by atoms with van der Waals surface area (Å²) < 4.78 is 5.23. The smallest absolute Gasteiger partial charge is 0.239 e. The molecule has 0 aliphatic heterocycles. The van der Waals surface area contributed by atoms with Crippen molar-refractivity contribution in [3.63, 3.8) is 0 Å². The minimum Gasteiger partial charge on any atom is -0.495 e. The van der Waals surface area contributed by atoms with Gasteiger partial charge in [0.1, 0.15) is 5.75 Å². The molecular weight excluding hydrogens is 276 g/mol. The summed E-state index contributed by atoms with van der Waals surface area (Å²) in [6.45, 7) is 0.924. The van der Waals surface area contributed by atoms with E-state index in [1.807, 2.05) is 42.5 Å². The highest BCUT2D eigenvalue weighted by Gasteiger charge is 2.04. The second-order valence-corrected chi connectivity index (χ2v) is 4.99. The molecule has 0 aliphatic rings. The first-order valence-electron chi connectivity index (χ1n) is 7.47. The Morgan fingerprint density at radius 2 is 1.77 bits per heavy atom. The number of aryl methyl sites for hydroxylation is 1. The van der Waals surface area contributed by atoms with E-state index in [9.17, 15) is 4.79 Å². The monoisotopic (exact) mass is 298 g/mol. The maximum atomic E-state index is 11.8. The van der Waals surface area contributed by atoms with Crippen LogP contribution in [0, 0.1) is 0 Å². The van der Waals surface area contributed by atoms with Gasteiger partial charge >= 0.3 is 0 Å². The molecule has 2 N–H and O–H groups in total. The number of carbonyl (C=O) groups is 1. The average molecular weight is 298 g/mol. The molecule has 0 saturated heterocycles. The van der Waals surface area contributed by atoms with E-state index in [1.54, 1.807) is 7.11 Å². The average Bonchev–Trinajstić information content (AvgIpc) is 2.58. The number of para-hydroxylation sites is 2. The second kappa shape index (κ2) is 8.72. The van der Waals surface area contributed by atoms with Crippen LogP contribution in [-0.2, 0) is 11.2 Å². The number of carbonyl (C=O) groups excluding carboxylic acids is 1. The Labute approximate surface area is 131 Å². The molecule has 4 nitrogen and oxygen atoms in total.